The maximum absolute atomic E-state index is 12.7. The summed E-state index contributed by atoms with van der Waals surface area (Å²) >= 11 is 3.06. The van der Waals surface area contributed by atoms with Crippen LogP contribution in [0, 0.1) is 5.41 Å². The molecule has 0 saturated heterocycles. The lowest BCUT2D eigenvalue weighted by molar-refractivity contribution is -0.147. The minimum absolute atomic E-state index is 0.0148. The molecule has 0 saturated carbocycles. The van der Waals surface area contributed by atoms with E-state index < -0.39 is 23.1 Å². The average Bonchev–Trinajstić information content (AvgIpc) is 2.29. The van der Waals surface area contributed by atoms with Crippen LogP contribution in [0.15, 0.2) is 16.6 Å². The van der Waals surface area contributed by atoms with E-state index in [1.807, 2.05) is 0 Å². The van der Waals surface area contributed by atoms with Crippen LogP contribution in [-0.2, 0) is 17.4 Å². The summed E-state index contributed by atoms with van der Waals surface area (Å²) < 4.78 is 43.3. The van der Waals surface area contributed by atoms with Crippen molar-refractivity contribution in [2.45, 2.75) is 26.4 Å². The van der Waals surface area contributed by atoms with Gasteiger partial charge in [-0.05, 0) is 32.4 Å². The zero-order valence-corrected chi connectivity index (χ0v) is 12.7. The van der Waals surface area contributed by atoms with Crippen molar-refractivity contribution in [2.75, 3.05) is 7.11 Å². The van der Waals surface area contributed by atoms with Gasteiger partial charge in [0.15, 0.2) is 0 Å². The molecule has 112 valence electrons. The van der Waals surface area contributed by atoms with Gasteiger partial charge in [0, 0.05) is 10.0 Å². The molecule has 1 N–H and O–H groups in total. The smallest absolute Gasteiger partial charge is 0.416 e. The van der Waals surface area contributed by atoms with Gasteiger partial charge in [-0.1, -0.05) is 15.9 Å². The van der Waals surface area contributed by atoms with Crippen molar-refractivity contribution in [1.29, 1.82) is 0 Å². The molecule has 1 aromatic rings. The number of hydrogen-bond acceptors (Lipinski definition) is 2. The zero-order valence-electron chi connectivity index (χ0n) is 11.1. The summed E-state index contributed by atoms with van der Waals surface area (Å²) in [4.78, 5) is 11.1. The van der Waals surface area contributed by atoms with Crippen LogP contribution < -0.4 is 4.74 Å². The highest BCUT2D eigenvalue weighted by Gasteiger charge is 2.34. The van der Waals surface area contributed by atoms with Crippen LogP contribution in [-0.4, -0.2) is 18.2 Å². The van der Waals surface area contributed by atoms with E-state index in [4.69, 9.17) is 9.84 Å². The van der Waals surface area contributed by atoms with Gasteiger partial charge in [0.25, 0.3) is 0 Å². The minimum atomic E-state index is -4.49. The standard InChI is InChI=1S/C13H14BrF3O3/c1-12(2,11(18)19)6-8-9(14)4-7(13(15,16)17)5-10(8)20-3/h4-5H,6H2,1-3H3,(H,18,19). The number of halogens is 4. The fourth-order valence-electron chi connectivity index (χ4n) is 1.65. The highest BCUT2D eigenvalue weighted by atomic mass is 79.9. The molecule has 0 unspecified atom stereocenters. The van der Waals surface area contributed by atoms with Gasteiger partial charge in [-0.25, -0.2) is 0 Å². The average molecular weight is 355 g/mol. The highest BCUT2D eigenvalue weighted by Crippen LogP contribution is 2.39. The summed E-state index contributed by atoms with van der Waals surface area (Å²) in [5, 5.41) is 9.10. The maximum atomic E-state index is 12.7. The van der Waals surface area contributed by atoms with Gasteiger partial charge in [0.1, 0.15) is 5.75 Å². The Bertz CT molecular complexity index is 524. The lowest BCUT2D eigenvalue weighted by atomic mass is 9.85. The molecule has 0 aromatic heterocycles. The van der Waals surface area contributed by atoms with Crippen LogP contribution in [0.25, 0.3) is 0 Å². The Hall–Kier alpha value is -1.24. The first-order valence-electron chi connectivity index (χ1n) is 5.66. The van der Waals surface area contributed by atoms with Gasteiger partial charge in [0.05, 0.1) is 18.1 Å². The molecule has 0 fully saturated rings. The van der Waals surface area contributed by atoms with Gasteiger partial charge in [0.2, 0.25) is 0 Å². The van der Waals surface area contributed by atoms with Crippen LogP contribution in [0.5, 0.6) is 5.75 Å². The number of methoxy groups -OCH3 is 1. The minimum Gasteiger partial charge on any atom is -0.496 e. The summed E-state index contributed by atoms with van der Waals surface area (Å²) in [5.41, 5.74) is -1.57. The molecule has 1 aromatic carbocycles. The molecule has 0 heterocycles. The van der Waals surface area contributed by atoms with E-state index >= 15 is 0 Å². The van der Waals surface area contributed by atoms with Crippen LogP contribution in [0.1, 0.15) is 25.0 Å². The van der Waals surface area contributed by atoms with Crippen LogP contribution in [0.4, 0.5) is 13.2 Å². The van der Waals surface area contributed by atoms with Gasteiger partial charge in [-0.2, -0.15) is 13.2 Å². The zero-order chi connectivity index (χ0) is 15.7. The Labute approximate surface area is 122 Å². The molecule has 1 rings (SSSR count). The second-order valence-electron chi connectivity index (χ2n) is 5.00. The summed E-state index contributed by atoms with van der Waals surface area (Å²) in [5.74, 6) is -1.02. The Balaban J connectivity index is 3.32. The molecule has 20 heavy (non-hydrogen) atoms. The van der Waals surface area contributed by atoms with E-state index in [1.165, 1.54) is 21.0 Å². The monoisotopic (exact) mass is 354 g/mol. The largest absolute Gasteiger partial charge is 0.496 e. The van der Waals surface area contributed by atoms with Crippen molar-refractivity contribution >= 4 is 21.9 Å². The second-order valence-corrected chi connectivity index (χ2v) is 5.86. The van der Waals surface area contributed by atoms with E-state index in [9.17, 15) is 18.0 Å². The number of benzene rings is 1. The normalized spacial score (nSPS) is 12.3. The van der Waals surface area contributed by atoms with Crippen molar-refractivity contribution in [3.63, 3.8) is 0 Å². The highest BCUT2D eigenvalue weighted by molar-refractivity contribution is 9.10. The SMILES string of the molecule is COc1cc(C(F)(F)F)cc(Br)c1CC(C)(C)C(=O)O. The van der Waals surface area contributed by atoms with Crippen LogP contribution >= 0.6 is 15.9 Å². The fraction of sp³-hybridized carbons (Fsp3) is 0.462. The summed E-state index contributed by atoms with van der Waals surface area (Å²) in [6.07, 6.45) is -4.44. The van der Waals surface area contributed by atoms with Crippen molar-refractivity contribution in [3.05, 3.63) is 27.7 Å². The molecule has 0 spiro atoms. The van der Waals surface area contributed by atoms with E-state index in [0.29, 0.717) is 5.56 Å². The molecule has 3 nitrogen and oxygen atoms in total. The van der Waals surface area contributed by atoms with E-state index in [-0.39, 0.29) is 16.6 Å². The predicted molar refractivity (Wildman–Crippen MR) is 70.8 cm³/mol. The Morgan fingerprint density at radius 3 is 2.30 bits per heavy atom. The number of carbonyl (C=O) groups is 1. The number of hydrogen-bond donors (Lipinski definition) is 1. The Morgan fingerprint density at radius 1 is 1.35 bits per heavy atom. The predicted octanol–water partition coefficient (Wildman–Crippen LogP) is 4.13. The van der Waals surface area contributed by atoms with Crippen molar-refractivity contribution < 1.29 is 27.8 Å². The Kier molecular flexibility index (Phi) is 4.74. The molecule has 0 aliphatic carbocycles. The van der Waals surface area contributed by atoms with Crippen LogP contribution in [0.3, 0.4) is 0 Å². The van der Waals surface area contributed by atoms with Crippen molar-refractivity contribution in [1.82, 2.24) is 0 Å². The van der Waals surface area contributed by atoms with Crippen molar-refractivity contribution in [3.8, 4) is 5.75 Å². The quantitative estimate of drug-likeness (QED) is 0.884. The van der Waals surface area contributed by atoms with Gasteiger partial charge in [-0.3, -0.25) is 4.79 Å². The van der Waals surface area contributed by atoms with E-state index in [2.05, 4.69) is 15.9 Å². The molecular formula is C13H14BrF3O3. The van der Waals surface area contributed by atoms with E-state index in [1.54, 1.807) is 0 Å². The fourth-order valence-corrected chi connectivity index (χ4v) is 2.23. The second kappa shape index (κ2) is 5.63. The Morgan fingerprint density at radius 2 is 1.90 bits per heavy atom. The van der Waals surface area contributed by atoms with Crippen molar-refractivity contribution in [2.24, 2.45) is 5.41 Å². The van der Waals surface area contributed by atoms with E-state index in [0.717, 1.165) is 12.1 Å². The number of aliphatic carboxylic acids is 1. The van der Waals surface area contributed by atoms with Gasteiger partial charge >= 0.3 is 12.1 Å². The van der Waals surface area contributed by atoms with Gasteiger partial charge in [-0.15, -0.1) is 0 Å². The number of carboxylic acids is 1. The maximum Gasteiger partial charge on any atom is 0.416 e. The molecule has 0 atom stereocenters. The first-order chi connectivity index (χ1) is 8.99. The van der Waals surface area contributed by atoms with Gasteiger partial charge < -0.3 is 9.84 Å². The number of alkyl halides is 3. The topological polar surface area (TPSA) is 46.5 Å². The number of carboxylic acid groups (broad SMARTS) is 1. The molecule has 0 aliphatic heterocycles. The molecular weight excluding hydrogens is 341 g/mol. The first-order valence-corrected chi connectivity index (χ1v) is 6.45. The lowest BCUT2D eigenvalue weighted by Gasteiger charge is -2.22. The molecule has 7 heteroatoms. The first kappa shape index (κ1) is 16.8. The summed E-state index contributed by atoms with van der Waals surface area (Å²) in [7, 11) is 1.25. The molecule has 0 bridgehead atoms. The third-order valence-electron chi connectivity index (χ3n) is 2.90. The molecule has 0 radical (unpaired) electrons. The third kappa shape index (κ3) is 3.65. The molecule has 0 aliphatic rings. The number of ether oxygens (including phenoxy) is 1. The summed E-state index contributed by atoms with van der Waals surface area (Å²) in [6.45, 7) is 3.00. The number of rotatable bonds is 4. The van der Waals surface area contributed by atoms with Crippen LogP contribution in [0.2, 0.25) is 0 Å². The third-order valence-corrected chi connectivity index (χ3v) is 3.61. The lowest BCUT2D eigenvalue weighted by Crippen LogP contribution is -2.26. The summed E-state index contributed by atoms with van der Waals surface area (Å²) in [6, 6.07) is 1.80. The molecule has 0 amide bonds.